The van der Waals surface area contributed by atoms with Crippen LogP contribution in [0.5, 0.6) is 0 Å². The molecule has 0 aliphatic heterocycles. The predicted molar refractivity (Wildman–Crippen MR) is 247 cm³/mol. The second kappa shape index (κ2) is 12.2. The lowest BCUT2D eigenvalue weighted by Crippen LogP contribution is -2.43. The van der Waals surface area contributed by atoms with Gasteiger partial charge >= 0.3 is 0 Å². The molecule has 11 aromatic rings. The summed E-state index contributed by atoms with van der Waals surface area (Å²) in [5.41, 5.74) is 17.4. The monoisotopic (exact) mass is 748 g/mol. The molecule has 59 heavy (non-hydrogen) atoms. The number of rotatable bonds is 6. The Morgan fingerprint density at radius 3 is 1.61 bits per heavy atom. The standard InChI is InChI=1S/C57H36N2/c1-3-12-37(13-4-1)38-24-28-42(29-25-38)58(44-32-35-54-48(36-44)46-18-7-8-23-53(46)59(54)41-16-5-2-6-17-41)43-30-26-39(27-31-43)45-33-34-52-56-47(45)19-11-22-51(56)57(52)49-20-9-14-40-15-10-21-50(57)55(40)49/h1-36H. The van der Waals surface area contributed by atoms with Gasteiger partial charge in [-0.2, -0.15) is 0 Å². The molecule has 0 N–H and O–H groups in total. The lowest BCUT2D eigenvalue weighted by molar-refractivity contribution is 0.701. The Bertz CT molecular complexity index is 3420. The number of para-hydroxylation sites is 2. The van der Waals surface area contributed by atoms with Crippen molar-refractivity contribution in [2.24, 2.45) is 0 Å². The molecule has 0 amide bonds. The largest absolute Gasteiger partial charge is 0.310 e. The maximum atomic E-state index is 2.40. The van der Waals surface area contributed by atoms with Crippen molar-refractivity contribution in [3.63, 3.8) is 0 Å². The van der Waals surface area contributed by atoms with Crippen LogP contribution in [0.4, 0.5) is 17.1 Å². The predicted octanol–water partition coefficient (Wildman–Crippen LogP) is 14.9. The summed E-state index contributed by atoms with van der Waals surface area (Å²) in [6.07, 6.45) is 0. The second-order valence-electron chi connectivity index (χ2n) is 16.0. The van der Waals surface area contributed by atoms with Gasteiger partial charge in [-0.05, 0) is 127 Å². The third kappa shape index (κ3) is 4.40. The van der Waals surface area contributed by atoms with Gasteiger partial charge in [0.2, 0.25) is 0 Å². The van der Waals surface area contributed by atoms with E-state index in [2.05, 4.69) is 228 Å². The Morgan fingerprint density at radius 2 is 0.881 bits per heavy atom. The first kappa shape index (κ1) is 32.4. The summed E-state index contributed by atoms with van der Waals surface area (Å²) >= 11 is 0. The van der Waals surface area contributed by atoms with Gasteiger partial charge in [0.1, 0.15) is 0 Å². The van der Waals surface area contributed by atoms with Gasteiger partial charge in [0.05, 0.1) is 16.4 Å². The zero-order valence-corrected chi connectivity index (χ0v) is 32.2. The van der Waals surface area contributed by atoms with Crippen LogP contribution < -0.4 is 4.90 Å². The van der Waals surface area contributed by atoms with Crippen LogP contribution >= 0.6 is 0 Å². The SMILES string of the molecule is c1ccc(-c2ccc(N(c3ccc(-c4ccc5c6c(cccc46)C54c5cccc6cccc4c56)cc3)c3ccc4c(c3)c3ccccc3n4-c3ccccc3)cc2)cc1. The van der Waals surface area contributed by atoms with Crippen LogP contribution in [-0.4, -0.2) is 4.57 Å². The van der Waals surface area contributed by atoms with Crippen LogP contribution in [-0.2, 0) is 5.41 Å². The number of fused-ring (bicyclic) bond motifs is 7. The summed E-state index contributed by atoms with van der Waals surface area (Å²) in [6, 6.07) is 80.4. The van der Waals surface area contributed by atoms with Gasteiger partial charge in [-0.3, -0.25) is 0 Å². The average molecular weight is 749 g/mol. The highest BCUT2D eigenvalue weighted by atomic mass is 15.1. The van der Waals surface area contributed by atoms with E-state index >= 15 is 0 Å². The molecule has 0 bridgehead atoms. The molecular formula is C57H36N2. The van der Waals surface area contributed by atoms with Crippen molar-refractivity contribution in [2.45, 2.75) is 5.41 Å². The van der Waals surface area contributed by atoms with Crippen LogP contribution in [0, 0.1) is 0 Å². The fourth-order valence-corrected chi connectivity index (χ4v) is 10.6. The molecule has 0 radical (unpaired) electrons. The van der Waals surface area contributed by atoms with E-state index in [1.807, 2.05) is 0 Å². The quantitative estimate of drug-likeness (QED) is 0.164. The Balaban J connectivity index is 0.931. The van der Waals surface area contributed by atoms with Gasteiger partial charge in [-0.25, -0.2) is 0 Å². The van der Waals surface area contributed by atoms with Crippen LogP contribution in [0.2, 0.25) is 0 Å². The highest BCUT2D eigenvalue weighted by Crippen LogP contribution is 2.65. The lowest BCUT2D eigenvalue weighted by Gasteiger charge is -2.52. The minimum atomic E-state index is -0.113. The van der Waals surface area contributed by atoms with E-state index in [0.717, 1.165) is 22.7 Å². The van der Waals surface area contributed by atoms with E-state index in [9.17, 15) is 0 Å². The van der Waals surface area contributed by atoms with E-state index in [4.69, 9.17) is 0 Å². The smallest absolute Gasteiger partial charge is 0.0725 e. The van der Waals surface area contributed by atoms with Crippen molar-refractivity contribution in [1.29, 1.82) is 0 Å². The molecule has 0 fully saturated rings. The molecule has 1 spiro atoms. The van der Waals surface area contributed by atoms with E-state index in [1.165, 1.54) is 87.9 Å². The van der Waals surface area contributed by atoms with Crippen LogP contribution in [0.25, 0.3) is 71.3 Å². The van der Waals surface area contributed by atoms with E-state index in [1.54, 1.807) is 0 Å². The molecule has 0 unspecified atom stereocenters. The van der Waals surface area contributed by atoms with Gasteiger partial charge < -0.3 is 9.47 Å². The van der Waals surface area contributed by atoms with Gasteiger partial charge in [-0.1, -0.05) is 158 Å². The minimum Gasteiger partial charge on any atom is -0.310 e. The van der Waals surface area contributed by atoms with Gasteiger partial charge in [0.25, 0.3) is 0 Å². The number of aromatic nitrogens is 1. The molecule has 2 aliphatic carbocycles. The summed E-state index contributed by atoms with van der Waals surface area (Å²) in [6.45, 7) is 0. The van der Waals surface area contributed by atoms with Crippen LogP contribution in [0.1, 0.15) is 22.3 Å². The number of hydrogen-bond acceptors (Lipinski definition) is 1. The van der Waals surface area contributed by atoms with E-state index in [-0.39, 0.29) is 5.41 Å². The maximum Gasteiger partial charge on any atom is 0.0725 e. The molecule has 2 aliphatic rings. The molecule has 10 aromatic carbocycles. The average Bonchev–Trinajstić information content (AvgIpc) is 3.63. The molecule has 274 valence electrons. The summed E-state index contributed by atoms with van der Waals surface area (Å²) in [4.78, 5) is 2.40. The van der Waals surface area contributed by atoms with Crippen molar-refractivity contribution in [1.82, 2.24) is 4.57 Å². The zero-order valence-electron chi connectivity index (χ0n) is 32.2. The number of anilines is 3. The van der Waals surface area contributed by atoms with Crippen molar-refractivity contribution in [3.8, 4) is 27.9 Å². The molecule has 13 rings (SSSR count). The van der Waals surface area contributed by atoms with Gasteiger partial charge in [0.15, 0.2) is 0 Å². The first-order chi connectivity index (χ1) is 29.3. The van der Waals surface area contributed by atoms with E-state index < -0.39 is 0 Å². The van der Waals surface area contributed by atoms with Crippen molar-refractivity contribution in [2.75, 3.05) is 4.90 Å². The normalized spacial score (nSPS) is 13.2. The Labute approximate surface area is 342 Å². The highest BCUT2D eigenvalue weighted by Gasteiger charge is 2.54. The lowest BCUT2D eigenvalue weighted by atomic mass is 9.49. The van der Waals surface area contributed by atoms with Gasteiger partial charge in [-0.15, -0.1) is 0 Å². The van der Waals surface area contributed by atoms with Crippen LogP contribution in [0.3, 0.4) is 0 Å². The van der Waals surface area contributed by atoms with Crippen molar-refractivity contribution in [3.05, 3.63) is 241 Å². The summed E-state index contributed by atoms with van der Waals surface area (Å²) in [5.74, 6) is 0. The Morgan fingerprint density at radius 1 is 0.339 bits per heavy atom. The summed E-state index contributed by atoms with van der Waals surface area (Å²) in [7, 11) is 0. The molecule has 2 nitrogen and oxygen atoms in total. The molecule has 2 heteroatoms. The molecule has 0 saturated carbocycles. The minimum absolute atomic E-state index is 0.113. The van der Waals surface area contributed by atoms with Crippen molar-refractivity contribution < 1.29 is 0 Å². The fourth-order valence-electron chi connectivity index (χ4n) is 10.6. The molecule has 0 saturated heterocycles. The highest BCUT2D eigenvalue weighted by molar-refractivity contribution is 6.14. The number of hydrogen-bond donors (Lipinski definition) is 0. The van der Waals surface area contributed by atoms with Crippen molar-refractivity contribution >= 4 is 60.4 Å². The van der Waals surface area contributed by atoms with Gasteiger partial charge in [0, 0.05) is 33.5 Å². The number of nitrogens with zero attached hydrogens (tertiary/aromatic N) is 2. The van der Waals surface area contributed by atoms with Crippen LogP contribution in [0.15, 0.2) is 218 Å². The molecule has 1 heterocycles. The maximum absolute atomic E-state index is 2.40. The summed E-state index contributed by atoms with van der Waals surface area (Å²) < 4.78 is 2.38. The summed E-state index contributed by atoms with van der Waals surface area (Å²) in [5, 5.41) is 7.96. The molecular weight excluding hydrogens is 713 g/mol. The first-order valence-corrected chi connectivity index (χ1v) is 20.5. The number of benzene rings is 10. The third-order valence-electron chi connectivity index (χ3n) is 13.2. The molecule has 0 atom stereocenters. The Hall–Kier alpha value is -7.68. The Kier molecular flexibility index (Phi) is 6.68. The topological polar surface area (TPSA) is 8.17 Å². The third-order valence-corrected chi connectivity index (χ3v) is 13.2. The van der Waals surface area contributed by atoms with E-state index in [0.29, 0.717) is 0 Å². The molecule has 1 aromatic heterocycles. The zero-order chi connectivity index (χ0) is 38.7. The first-order valence-electron chi connectivity index (χ1n) is 20.5. The second-order valence-corrected chi connectivity index (χ2v) is 16.0. The fraction of sp³-hybridized carbons (Fsp3) is 0.0175.